The van der Waals surface area contributed by atoms with E-state index in [1.54, 1.807) is 17.0 Å². The number of halogens is 1. The minimum Gasteiger partial charge on any atom is -0.352 e. The summed E-state index contributed by atoms with van der Waals surface area (Å²) in [5, 5.41) is 5.95. The lowest BCUT2D eigenvalue weighted by molar-refractivity contribution is -0.137. The van der Waals surface area contributed by atoms with E-state index >= 15 is 0 Å². The second-order valence-electron chi connectivity index (χ2n) is 9.02. The molecule has 1 saturated carbocycles. The summed E-state index contributed by atoms with van der Waals surface area (Å²) >= 11 is 0. The minimum absolute atomic E-state index is 0.0774. The summed E-state index contributed by atoms with van der Waals surface area (Å²) in [4.78, 5) is 40.4. The van der Waals surface area contributed by atoms with Crippen molar-refractivity contribution in [2.24, 2.45) is 5.92 Å². The highest BCUT2D eigenvalue weighted by Gasteiger charge is 2.33. The van der Waals surface area contributed by atoms with Crippen LogP contribution in [0.25, 0.3) is 0 Å². The van der Waals surface area contributed by atoms with Crippen LogP contribution in [-0.2, 0) is 27.2 Å². The molecule has 2 aromatic carbocycles. The van der Waals surface area contributed by atoms with Gasteiger partial charge in [-0.15, -0.1) is 0 Å². The highest BCUT2D eigenvalue weighted by Crippen LogP contribution is 2.20. The predicted molar refractivity (Wildman–Crippen MR) is 123 cm³/mol. The van der Waals surface area contributed by atoms with Gasteiger partial charge in [0.15, 0.2) is 0 Å². The Kier molecular flexibility index (Phi) is 7.37. The van der Waals surface area contributed by atoms with E-state index in [0.29, 0.717) is 25.9 Å². The number of benzene rings is 2. The van der Waals surface area contributed by atoms with E-state index in [1.165, 1.54) is 12.1 Å². The average Bonchev–Trinajstić information content (AvgIpc) is 3.65. The molecule has 7 heteroatoms. The predicted octanol–water partition coefficient (Wildman–Crippen LogP) is 2.61. The summed E-state index contributed by atoms with van der Waals surface area (Å²) in [5.41, 5.74) is 1.72. The van der Waals surface area contributed by atoms with Crippen LogP contribution < -0.4 is 10.6 Å². The first kappa shape index (κ1) is 23.0. The molecule has 1 saturated heterocycles. The number of piperidine rings is 1. The molecule has 1 aliphatic heterocycles. The van der Waals surface area contributed by atoms with Gasteiger partial charge < -0.3 is 15.5 Å². The number of amides is 3. The van der Waals surface area contributed by atoms with Crippen LogP contribution in [0.3, 0.4) is 0 Å². The monoisotopic (exact) mass is 451 g/mol. The molecule has 2 unspecified atom stereocenters. The molecule has 1 heterocycles. The Hall–Kier alpha value is -3.22. The lowest BCUT2D eigenvalue weighted by Gasteiger charge is -2.33. The average molecular weight is 452 g/mol. The molecule has 3 amide bonds. The van der Waals surface area contributed by atoms with Crippen molar-refractivity contribution in [1.82, 2.24) is 15.5 Å². The highest BCUT2D eigenvalue weighted by atomic mass is 19.1. The number of hydrogen-bond acceptors (Lipinski definition) is 3. The van der Waals surface area contributed by atoms with Gasteiger partial charge in [0.1, 0.15) is 11.9 Å². The van der Waals surface area contributed by atoms with Crippen molar-refractivity contribution in [3.05, 3.63) is 71.5 Å². The van der Waals surface area contributed by atoms with Gasteiger partial charge in [-0.05, 0) is 48.9 Å². The first-order valence-corrected chi connectivity index (χ1v) is 11.6. The molecule has 1 aliphatic carbocycles. The fourth-order valence-electron chi connectivity index (χ4n) is 4.18. The van der Waals surface area contributed by atoms with Gasteiger partial charge in [-0.25, -0.2) is 4.39 Å². The Labute approximate surface area is 193 Å². The molecule has 2 fully saturated rings. The fourth-order valence-corrected chi connectivity index (χ4v) is 4.18. The van der Waals surface area contributed by atoms with Crippen LogP contribution >= 0.6 is 0 Å². The minimum atomic E-state index is -0.647. The van der Waals surface area contributed by atoms with Crippen molar-refractivity contribution >= 4 is 17.7 Å². The molecular formula is C26H30FN3O3. The van der Waals surface area contributed by atoms with E-state index in [-0.39, 0.29) is 41.9 Å². The number of hydrogen-bond donors (Lipinski definition) is 2. The number of nitrogens with one attached hydrogen (secondary N) is 2. The van der Waals surface area contributed by atoms with Crippen molar-refractivity contribution in [3.8, 4) is 0 Å². The van der Waals surface area contributed by atoms with E-state index in [2.05, 4.69) is 10.6 Å². The SMILES string of the molecule is O=C(NC(Cc1ccccc1)C(=O)NC1CC1)C1CCCN(C(=O)Cc2ccc(F)cc2)C1. The Morgan fingerprint density at radius 3 is 2.39 bits per heavy atom. The molecule has 0 spiro atoms. The standard InChI is InChI=1S/C26H30FN3O3/c27-21-10-8-19(9-11-21)16-24(31)30-14-4-7-20(17-30)25(32)29-23(26(33)28-22-12-13-22)15-18-5-2-1-3-6-18/h1-3,5-6,8-11,20,22-23H,4,7,12-17H2,(H,28,33)(H,29,32). The van der Waals surface area contributed by atoms with Gasteiger partial charge in [0.05, 0.1) is 12.3 Å². The van der Waals surface area contributed by atoms with Gasteiger partial charge in [-0.2, -0.15) is 0 Å². The molecule has 0 aromatic heterocycles. The fraction of sp³-hybridized carbons (Fsp3) is 0.423. The second kappa shape index (κ2) is 10.6. The second-order valence-corrected chi connectivity index (χ2v) is 9.02. The highest BCUT2D eigenvalue weighted by molar-refractivity contribution is 5.89. The van der Waals surface area contributed by atoms with Crippen molar-refractivity contribution in [1.29, 1.82) is 0 Å². The normalized spacial score (nSPS) is 18.9. The third-order valence-corrected chi connectivity index (χ3v) is 6.25. The van der Waals surface area contributed by atoms with Crippen molar-refractivity contribution < 1.29 is 18.8 Å². The third kappa shape index (κ3) is 6.63. The van der Waals surface area contributed by atoms with Gasteiger partial charge in [0, 0.05) is 25.6 Å². The maximum absolute atomic E-state index is 13.1. The topological polar surface area (TPSA) is 78.5 Å². The van der Waals surface area contributed by atoms with Crippen LogP contribution in [-0.4, -0.2) is 47.8 Å². The zero-order chi connectivity index (χ0) is 23.2. The lowest BCUT2D eigenvalue weighted by atomic mass is 9.95. The first-order chi connectivity index (χ1) is 16.0. The van der Waals surface area contributed by atoms with Gasteiger partial charge in [-0.1, -0.05) is 42.5 Å². The molecule has 4 rings (SSSR count). The van der Waals surface area contributed by atoms with Crippen LogP contribution in [0.15, 0.2) is 54.6 Å². The number of carbonyl (C=O) groups excluding carboxylic acids is 3. The van der Waals surface area contributed by atoms with E-state index in [0.717, 1.165) is 30.4 Å². The summed E-state index contributed by atoms with van der Waals surface area (Å²) < 4.78 is 13.1. The molecule has 174 valence electrons. The van der Waals surface area contributed by atoms with Crippen molar-refractivity contribution in [2.75, 3.05) is 13.1 Å². The number of likely N-dealkylation sites (tertiary alicyclic amines) is 1. The van der Waals surface area contributed by atoms with E-state index in [9.17, 15) is 18.8 Å². The number of rotatable bonds is 8. The summed E-state index contributed by atoms with van der Waals surface area (Å²) in [6.45, 7) is 0.924. The molecule has 2 aliphatic rings. The Bertz CT molecular complexity index is 976. The van der Waals surface area contributed by atoms with Crippen LogP contribution in [0.5, 0.6) is 0 Å². The van der Waals surface area contributed by atoms with Gasteiger partial charge in [0.25, 0.3) is 0 Å². The summed E-state index contributed by atoms with van der Waals surface area (Å²) in [6, 6.07) is 15.1. The van der Waals surface area contributed by atoms with Crippen LogP contribution in [0.2, 0.25) is 0 Å². The Morgan fingerprint density at radius 1 is 0.970 bits per heavy atom. The quantitative estimate of drug-likeness (QED) is 0.648. The molecule has 2 aromatic rings. The largest absolute Gasteiger partial charge is 0.352 e. The molecule has 0 radical (unpaired) electrons. The number of carbonyl (C=O) groups is 3. The maximum Gasteiger partial charge on any atom is 0.243 e. The third-order valence-electron chi connectivity index (χ3n) is 6.25. The van der Waals surface area contributed by atoms with E-state index in [4.69, 9.17) is 0 Å². The summed E-state index contributed by atoms with van der Waals surface area (Å²) in [5.74, 6) is -1.12. The van der Waals surface area contributed by atoms with E-state index < -0.39 is 6.04 Å². The number of nitrogens with zero attached hydrogens (tertiary/aromatic N) is 1. The zero-order valence-electron chi connectivity index (χ0n) is 18.6. The molecular weight excluding hydrogens is 421 g/mol. The zero-order valence-corrected chi connectivity index (χ0v) is 18.6. The molecule has 2 atom stereocenters. The first-order valence-electron chi connectivity index (χ1n) is 11.6. The molecule has 2 N–H and O–H groups in total. The van der Waals surface area contributed by atoms with Crippen LogP contribution in [0, 0.1) is 11.7 Å². The van der Waals surface area contributed by atoms with Crippen LogP contribution in [0.4, 0.5) is 4.39 Å². The summed E-state index contributed by atoms with van der Waals surface area (Å²) in [6.07, 6.45) is 3.95. The molecule has 0 bridgehead atoms. The van der Waals surface area contributed by atoms with Crippen molar-refractivity contribution in [2.45, 2.75) is 50.6 Å². The Morgan fingerprint density at radius 2 is 1.70 bits per heavy atom. The maximum atomic E-state index is 13.1. The van der Waals surface area contributed by atoms with Gasteiger partial charge in [0.2, 0.25) is 17.7 Å². The molecule has 6 nitrogen and oxygen atoms in total. The van der Waals surface area contributed by atoms with Gasteiger partial charge in [-0.3, -0.25) is 14.4 Å². The van der Waals surface area contributed by atoms with Crippen molar-refractivity contribution in [3.63, 3.8) is 0 Å². The van der Waals surface area contributed by atoms with Gasteiger partial charge >= 0.3 is 0 Å². The lowest BCUT2D eigenvalue weighted by Crippen LogP contribution is -2.53. The summed E-state index contributed by atoms with van der Waals surface area (Å²) in [7, 11) is 0. The van der Waals surface area contributed by atoms with Crippen LogP contribution in [0.1, 0.15) is 36.8 Å². The van der Waals surface area contributed by atoms with E-state index in [1.807, 2.05) is 30.3 Å². The Balaban J connectivity index is 1.36. The smallest absolute Gasteiger partial charge is 0.243 e. The molecule has 33 heavy (non-hydrogen) atoms.